The Hall–Kier alpha value is -3.93. The molecule has 6 nitrogen and oxygen atoms in total. The lowest BCUT2D eigenvalue weighted by Gasteiger charge is -2.18. The molecule has 0 N–H and O–H groups in total. The molecule has 464 valence electrons. The third-order valence-electron chi connectivity index (χ3n) is 14.8. The Labute approximate surface area is 501 Å². The lowest BCUT2D eigenvalue weighted by atomic mass is 10.0. The summed E-state index contributed by atoms with van der Waals surface area (Å²) in [5.74, 6) is -0.896. The first-order valence-electron chi connectivity index (χ1n) is 34.4. The van der Waals surface area contributed by atoms with E-state index in [9.17, 15) is 14.4 Å². The number of hydrogen-bond acceptors (Lipinski definition) is 6. The van der Waals surface area contributed by atoms with Crippen LogP contribution in [-0.2, 0) is 28.6 Å². The number of hydrogen-bond donors (Lipinski definition) is 0. The van der Waals surface area contributed by atoms with Crippen LogP contribution in [-0.4, -0.2) is 37.2 Å². The van der Waals surface area contributed by atoms with Gasteiger partial charge in [-0.3, -0.25) is 14.4 Å². The molecule has 0 aromatic heterocycles. The largest absolute Gasteiger partial charge is 0.462 e. The zero-order chi connectivity index (χ0) is 58.5. The number of allylic oxidation sites excluding steroid dienone is 18. The fourth-order valence-electron chi connectivity index (χ4n) is 9.70. The van der Waals surface area contributed by atoms with E-state index in [1.807, 2.05) is 0 Å². The molecule has 0 saturated carbocycles. The first kappa shape index (κ1) is 77.1. The summed E-state index contributed by atoms with van der Waals surface area (Å²) < 4.78 is 17.0. The Bertz CT molecular complexity index is 1620. The van der Waals surface area contributed by atoms with E-state index in [0.717, 1.165) is 135 Å². The minimum absolute atomic E-state index is 0.0865. The van der Waals surface area contributed by atoms with Gasteiger partial charge in [0.25, 0.3) is 0 Å². The summed E-state index contributed by atoms with van der Waals surface area (Å²) in [6.45, 7) is 6.44. The summed E-state index contributed by atoms with van der Waals surface area (Å²) in [4.78, 5) is 38.5. The summed E-state index contributed by atoms with van der Waals surface area (Å²) in [7, 11) is 0. The van der Waals surface area contributed by atoms with Crippen molar-refractivity contribution in [3.05, 3.63) is 109 Å². The van der Waals surface area contributed by atoms with E-state index in [0.29, 0.717) is 19.3 Å². The van der Waals surface area contributed by atoms with Gasteiger partial charge in [-0.15, -0.1) is 0 Å². The molecule has 0 rings (SSSR count). The van der Waals surface area contributed by atoms with Gasteiger partial charge in [0, 0.05) is 19.3 Å². The zero-order valence-electron chi connectivity index (χ0n) is 53.3. The van der Waals surface area contributed by atoms with Crippen molar-refractivity contribution in [1.29, 1.82) is 0 Å². The number of rotatable bonds is 62. The number of ether oxygens (including phenoxy) is 3. The van der Waals surface area contributed by atoms with Crippen LogP contribution in [0.5, 0.6) is 0 Å². The Kier molecular flexibility index (Phi) is 65.2. The van der Waals surface area contributed by atoms with E-state index in [-0.39, 0.29) is 31.1 Å². The fraction of sp³-hybridized carbons (Fsp3) is 0.720. The second-order valence-corrected chi connectivity index (χ2v) is 22.7. The van der Waals surface area contributed by atoms with Crippen LogP contribution in [0.1, 0.15) is 329 Å². The molecule has 0 aromatic carbocycles. The molecular weight excluding hydrogens is 997 g/mol. The van der Waals surface area contributed by atoms with E-state index in [1.165, 1.54) is 154 Å². The highest BCUT2D eigenvalue weighted by Gasteiger charge is 2.19. The van der Waals surface area contributed by atoms with Crippen molar-refractivity contribution in [1.82, 2.24) is 0 Å². The summed E-state index contributed by atoms with van der Waals surface area (Å²) in [5, 5.41) is 0. The Morgan fingerprint density at radius 1 is 0.259 bits per heavy atom. The van der Waals surface area contributed by atoms with E-state index >= 15 is 0 Å². The van der Waals surface area contributed by atoms with E-state index < -0.39 is 6.10 Å². The van der Waals surface area contributed by atoms with Crippen LogP contribution >= 0.6 is 0 Å². The second kappa shape index (κ2) is 68.6. The average molecular weight is 1130 g/mol. The Morgan fingerprint density at radius 3 is 0.753 bits per heavy atom. The van der Waals surface area contributed by atoms with Gasteiger partial charge < -0.3 is 14.2 Å². The monoisotopic (exact) mass is 1120 g/mol. The molecule has 81 heavy (non-hydrogen) atoms. The lowest BCUT2D eigenvalue weighted by Crippen LogP contribution is -2.30. The van der Waals surface area contributed by atoms with Crippen molar-refractivity contribution in [2.24, 2.45) is 0 Å². The quantitative estimate of drug-likeness (QED) is 0.0261. The highest BCUT2D eigenvalue weighted by molar-refractivity contribution is 5.71. The van der Waals surface area contributed by atoms with Crippen molar-refractivity contribution in [2.45, 2.75) is 335 Å². The minimum atomic E-state index is -0.791. The molecule has 0 bridgehead atoms. The third-order valence-corrected chi connectivity index (χ3v) is 14.8. The normalized spacial score (nSPS) is 12.8. The van der Waals surface area contributed by atoms with Gasteiger partial charge in [-0.2, -0.15) is 0 Å². The van der Waals surface area contributed by atoms with Crippen molar-refractivity contribution >= 4 is 17.9 Å². The van der Waals surface area contributed by atoms with Gasteiger partial charge in [0.15, 0.2) is 6.10 Å². The van der Waals surface area contributed by atoms with Gasteiger partial charge >= 0.3 is 17.9 Å². The van der Waals surface area contributed by atoms with Gasteiger partial charge in [0.05, 0.1) is 0 Å². The Morgan fingerprint density at radius 2 is 0.481 bits per heavy atom. The summed E-state index contributed by atoms with van der Waals surface area (Å²) in [6, 6.07) is 0. The average Bonchev–Trinajstić information content (AvgIpc) is 3.47. The highest BCUT2D eigenvalue weighted by atomic mass is 16.6. The van der Waals surface area contributed by atoms with E-state index in [1.54, 1.807) is 0 Å². The molecule has 0 aliphatic heterocycles. The number of carbonyl (C=O) groups is 3. The SMILES string of the molecule is CC/C=C\C/C=C\C/C=C\C/C=C\C/C=C\C/C=C\CCCCCCCCC(=O)OCC(COC(=O)CCCCCCCCC/C=C\C/C=C\C/C=C\CC)OC(=O)CCCCCCCCCCCCCCCCCCCCCCC. The van der Waals surface area contributed by atoms with Gasteiger partial charge in [-0.1, -0.05) is 316 Å². The maximum absolute atomic E-state index is 13.0. The predicted molar refractivity (Wildman–Crippen MR) is 353 cm³/mol. The second-order valence-electron chi connectivity index (χ2n) is 22.7. The maximum Gasteiger partial charge on any atom is 0.306 e. The van der Waals surface area contributed by atoms with Crippen molar-refractivity contribution in [2.75, 3.05) is 13.2 Å². The molecule has 6 heteroatoms. The molecule has 0 aromatic rings. The van der Waals surface area contributed by atoms with E-state index in [4.69, 9.17) is 14.2 Å². The van der Waals surface area contributed by atoms with Crippen LogP contribution in [0, 0.1) is 0 Å². The number of unbranched alkanes of at least 4 members (excludes halogenated alkanes) is 33. The molecule has 0 amide bonds. The van der Waals surface area contributed by atoms with Gasteiger partial charge in [0.2, 0.25) is 0 Å². The topological polar surface area (TPSA) is 78.9 Å². The Balaban J connectivity index is 4.40. The molecule has 1 atom stereocenters. The molecule has 0 radical (unpaired) electrons. The minimum Gasteiger partial charge on any atom is -0.462 e. The van der Waals surface area contributed by atoms with E-state index in [2.05, 4.69) is 130 Å². The smallest absolute Gasteiger partial charge is 0.306 e. The van der Waals surface area contributed by atoms with Crippen LogP contribution in [0.2, 0.25) is 0 Å². The maximum atomic E-state index is 13.0. The first-order chi connectivity index (χ1) is 40.0. The van der Waals surface area contributed by atoms with Crippen LogP contribution in [0.3, 0.4) is 0 Å². The number of carbonyl (C=O) groups excluding carboxylic acids is 3. The summed E-state index contributed by atoms with van der Waals surface area (Å²) in [6.07, 6.45) is 93.9. The zero-order valence-corrected chi connectivity index (χ0v) is 53.3. The molecular formula is C75H128O6. The molecule has 0 heterocycles. The van der Waals surface area contributed by atoms with Crippen LogP contribution in [0.25, 0.3) is 0 Å². The summed E-state index contributed by atoms with van der Waals surface area (Å²) >= 11 is 0. The first-order valence-corrected chi connectivity index (χ1v) is 34.4. The molecule has 0 fully saturated rings. The molecule has 0 aliphatic carbocycles. The standard InChI is InChI=1S/C75H128O6/c1-4-7-10-13-16-19-22-25-28-31-33-35-36-37-38-40-41-44-47-50-53-56-59-62-65-68-74(77)80-71-72(70-79-73(76)67-64-61-58-55-52-49-46-43-30-27-24-21-18-15-12-9-6-3)81-75(78)69-66-63-60-57-54-51-48-45-42-39-34-32-29-26-23-20-17-14-11-8-5-2/h7,9-10,12,16,18-19,21,25,27-28,30,33,35,37-38,41,44,72H,4-6,8,11,13-15,17,20,22-24,26,29,31-32,34,36,39-40,42-43,45-71H2,1-3H3/b10-7-,12-9-,19-16-,21-18-,28-25-,30-27-,35-33-,38-37-,44-41-. The van der Waals surface area contributed by atoms with Crippen LogP contribution in [0.15, 0.2) is 109 Å². The van der Waals surface area contributed by atoms with Crippen molar-refractivity contribution in [3.8, 4) is 0 Å². The van der Waals surface area contributed by atoms with Crippen molar-refractivity contribution in [3.63, 3.8) is 0 Å². The van der Waals surface area contributed by atoms with Gasteiger partial charge in [-0.25, -0.2) is 0 Å². The fourth-order valence-corrected chi connectivity index (χ4v) is 9.70. The summed E-state index contributed by atoms with van der Waals surface area (Å²) in [5.41, 5.74) is 0. The van der Waals surface area contributed by atoms with Gasteiger partial charge in [-0.05, 0) is 103 Å². The lowest BCUT2D eigenvalue weighted by molar-refractivity contribution is -0.167. The number of esters is 3. The van der Waals surface area contributed by atoms with Gasteiger partial charge in [0.1, 0.15) is 13.2 Å². The van der Waals surface area contributed by atoms with Crippen molar-refractivity contribution < 1.29 is 28.6 Å². The molecule has 0 spiro atoms. The molecule has 0 aliphatic rings. The molecule has 1 unspecified atom stereocenters. The third kappa shape index (κ3) is 66.8. The van der Waals surface area contributed by atoms with Crippen LogP contribution in [0.4, 0.5) is 0 Å². The molecule has 0 saturated heterocycles. The predicted octanol–water partition coefficient (Wildman–Crippen LogP) is 23.8. The highest BCUT2D eigenvalue weighted by Crippen LogP contribution is 2.17. The van der Waals surface area contributed by atoms with Crippen LogP contribution < -0.4 is 0 Å².